The minimum atomic E-state index is -0.118. The summed E-state index contributed by atoms with van der Waals surface area (Å²) in [6, 6.07) is 28.0. The SMILES string of the molecule is Cl.O=c1ccc2ccc(OCCCCOc3ccc4ccc(OCCCCN5CCN(c6cccc7sccc67)CC5)cc4n3)cc2[nH]1. The molecule has 1 N–H and O–H groups in total. The number of aromatic amines is 1. The number of halogens is 1. The molecule has 1 saturated heterocycles. The van der Waals surface area contributed by atoms with Gasteiger partial charge in [-0.2, -0.15) is 0 Å². The lowest BCUT2D eigenvalue weighted by molar-refractivity contribution is 0.239. The maximum Gasteiger partial charge on any atom is 0.248 e. The summed E-state index contributed by atoms with van der Waals surface area (Å²) in [4.78, 5) is 24.2. The molecule has 8 nitrogen and oxygen atoms in total. The summed E-state index contributed by atoms with van der Waals surface area (Å²) >= 11 is 1.82. The summed E-state index contributed by atoms with van der Waals surface area (Å²) in [5.74, 6) is 2.20. The number of hydrogen-bond acceptors (Lipinski definition) is 8. The van der Waals surface area contributed by atoms with Gasteiger partial charge in [0.1, 0.15) is 11.5 Å². The van der Waals surface area contributed by atoms with Crippen LogP contribution in [0.2, 0.25) is 0 Å². The van der Waals surface area contributed by atoms with E-state index in [1.165, 1.54) is 21.8 Å². The van der Waals surface area contributed by atoms with Gasteiger partial charge in [-0.15, -0.1) is 23.7 Å². The first-order valence-electron chi connectivity index (χ1n) is 16.5. The zero-order valence-electron chi connectivity index (χ0n) is 26.9. The fourth-order valence-corrected chi connectivity index (χ4v) is 6.94. The van der Waals surface area contributed by atoms with Crippen molar-refractivity contribution < 1.29 is 14.2 Å². The van der Waals surface area contributed by atoms with Crippen molar-refractivity contribution in [2.75, 3.05) is 57.4 Å². The monoisotopic (exact) mass is 684 g/mol. The van der Waals surface area contributed by atoms with Gasteiger partial charge in [-0.3, -0.25) is 9.69 Å². The number of nitrogens with zero attached hydrogens (tertiary/aromatic N) is 3. The second kappa shape index (κ2) is 16.2. The number of piperazine rings is 1. The van der Waals surface area contributed by atoms with E-state index in [4.69, 9.17) is 19.2 Å². The summed E-state index contributed by atoms with van der Waals surface area (Å²) in [6.07, 6.45) is 3.83. The van der Waals surface area contributed by atoms with Crippen LogP contribution in [-0.4, -0.2) is 67.4 Å². The predicted molar refractivity (Wildman–Crippen MR) is 199 cm³/mol. The van der Waals surface area contributed by atoms with E-state index in [0.717, 1.165) is 91.7 Å². The molecule has 0 amide bonds. The Morgan fingerprint density at radius 1 is 0.729 bits per heavy atom. The molecule has 0 unspecified atom stereocenters. The standard InChI is InChI=1S/C38H40N4O4S.ClH/c43-37-14-10-28-8-12-30(26-33(28)39-37)45-23-3-4-24-46-38-15-11-29-9-13-31(27-34(29)40-38)44-22-2-1-17-41-18-20-42(21-19-41)35-6-5-7-36-32(35)16-25-47-36;/h5-16,25-27H,1-4,17-24H2,(H,39,43);1H. The Morgan fingerprint density at radius 3 is 2.27 bits per heavy atom. The Hall–Kier alpha value is -4.31. The van der Waals surface area contributed by atoms with Gasteiger partial charge in [0.05, 0.1) is 30.9 Å². The number of ether oxygens (including phenoxy) is 3. The van der Waals surface area contributed by atoms with Crippen LogP contribution in [0.1, 0.15) is 25.7 Å². The molecule has 4 heterocycles. The molecule has 7 rings (SSSR count). The van der Waals surface area contributed by atoms with Crippen LogP contribution < -0.4 is 24.7 Å². The molecule has 1 fully saturated rings. The first-order chi connectivity index (χ1) is 23.2. The first kappa shape index (κ1) is 33.6. The lowest BCUT2D eigenvalue weighted by Crippen LogP contribution is -2.46. The molecular weight excluding hydrogens is 644 g/mol. The van der Waals surface area contributed by atoms with Gasteiger partial charge in [-0.05, 0) is 97.6 Å². The highest BCUT2D eigenvalue weighted by Crippen LogP contribution is 2.31. The Morgan fingerprint density at radius 2 is 1.44 bits per heavy atom. The number of aromatic nitrogens is 2. The minimum Gasteiger partial charge on any atom is -0.494 e. The number of pyridine rings is 2. The molecule has 250 valence electrons. The Balaban J connectivity index is 0.00000401. The lowest BCUT2D eigenvalue weighted by atomic mass is 10.2. The zero-order chi connectivity index (χ0) is 31.8. The molecule has 1 aliphatic rings. The molecule has 10 heteroatoms. The Labute approximate surface area is 290 Å². The molecule has 3 aromatic carbocycles. The van der Waals surface area contributed by atoms with E-state index in [9.17, 15) is 4.79 Å². The first-order valence-corrected chi connectivity index (χ1v) is 17.4. The third kappa shape index (κ3) is 8.39. The van der Waals surface area contributed by atoms with Gasteiger partial charge in [-0.1, -0.05) is 6.07 Å². The van der Waals surface area contributed by atoms with Crippen LogP contribution in [0.25, 0.3) is 31.9 Å². The van der Waals surface area contributed by atoms with Gasteiger partial charge >= 0.3 is 0 Å². The van der Waals surface area contributed by atoms with Crippen LogP contribution in [0, 0.1) is 0 Å². The number of nitrogens with one attached hydrogen (secondary N) is 1. The Bertz CT molecular complexity index is 2010. The van der Waals surface area contributed by atoms with E-state index >= 15 is 0 Å². The fourth-order valence-electron chi connectivity index (χ4n) is 6.13. The average molecular weight is 685 g/mol. The highest BCUT2D eigenvalue weighted by Gasteiger charge is 2.18. The fraction of sp³-hybridized carbons (Fsp3) is 0.316. The molecule has 1 aliphatic heterocycles. The number of benzene rings is 3. The molecule has 0 saturated carbocycles. The summed E-state index contributed by atoms with van der Waals surface area (Å²) in [5, 5.41) is 5.61. The van der Waals surface area contributed by atoms with Crippen LogP contribution in [0.4, 0.5) is 5.69 Å². The van der Waals surface area contributed by atoms with Gasteiger partial charge in [-0.25, -0.2) is 4.98 Å². The maximum absolute atomic E-state index is 11.6. The smallest absolute Gasteiger partial charge is 0.248 e. The molecular formula is C38H41ClN4O4S. The van der Waals surface area contributed by atoms with Crippen molar-refractivity contribution >= 4 is 61.3 Å². The van der Waals surface area contributed by atoms with Crippen LogP contribution >= 0.6 is 23.7 Å². The van der Waals surface area contributed by atoms with Crippen molar-refractivity contribution in [3.05, 3.63) is 101 Å². The number of anilines is 1. The molecule has 48 heavy (non-hydrogen) atoms. The summed E-state index contributed by atoms with van der Waals surface area (Å²) in [5.41, 5.74) is 2.90. The van der Waals surface area contributed by atoms with Crippen molar-refractivity contribution in [2.24, 2.45) is 0 Å². The second-order valence-corrected chi connectivity index (χ2v) is 12.9. The third-order valence-corrected chi connectivity index (χ3v) is 9.60. The third-order valence-electron chi connectivity index (χ3n) is 8.72. The predicted octanol–water partition coefficient (Wildman–Crippen LogP) is 7.93. The lowest BCUT2D eigenvalue weighted by Gasteiger charge is -2.36. The van der Waals surface area contributed by atoms with E-state index in [1.807, 2.05) is 59.9 Å². The number of hydrogen-bond donors (Lipinski definition) is 1. The molecule has 0 spiro atoms. The van der Waals surface area contributed by atoms with E-state index in [-0.39, 0.29) is 18.0 Å². The van der Waals surface area contributed by atoms with Crippen molar-refractivity contribution in [3.63, 3.8) is 0 Å². The van der Waals surface area contributed by atoms with Crippen LogP contribution in [0.3, 0.4) is 0 Å². The summed E-state index contributed by atoms with van der Waals surface area (Å²) in [6.45, 7) is 7.29. The summed E-state index contributed by atoms with van der Waals surface area (Å²) in [7, 11) is 0. The average Bonchev–Trinajstić information content (AvgIpc) is 3.59. The number of thiophene rings is 1. The van der Waals surface area contributed by atoms with E-state index in [1.54, 1.807) is 0 Å². The largest absolute Gasteiger partial charge is 0.494 e. The number of unbranched alkanes of at least 4 members (excludes halogenated alkanes) is 2. The second-order valence-electron chi connectivity index (χ2n) is 12.0. The molecule has 0 atom stereocenters. The molecule has 0 aliphatic carbocycles. The van der Waals surface area contributed by atoms with Crippen molar-refractivity contribution in [2.45, 2.75) is 25.7 Å². The van der Waals surface area contributed by atoms with Gasteiger partial charge < -0.3 is 24.1 Å². The summed E-state index contributed by atoms with van der Waals surface area (Å²) < 4.78 is 19.3. The topological polar surface area (TPSA) is 79.9 Å². The van der Waals surface area contributed by atoms with E-state index in [2.05, 4.69) is 50.5 Å². The number of fused-ring (bicyclic) bond motifs is 3. The van der Waals surface area contributed by atoms with Crippen LogP contribution in [-0.2, 0) is 0 Å². The van der Waals surface area contributed by atoms with Crippen molar-refractivity contribution in [3.8, 4) is 17.4 Å². The number of H-pyrrole nitrogens is 1. The van der Waals surface area contributed by atoms with Crippen LogP contribution in [0.5, 0.6) is 17.4 Å². The highest BCUT2D eigenvalue weighted by atomic mass is 35.5. The number of rotatable bonds is 14. The van der Waals surface area contributed by atoms with Crippen molar-refractivity contribution in [1.82, 2.24) is 14.9 Å². The van der Waals surface area contributed by atoms with E-state index < -0.39 is 0 Å². The molecule has 0 bridgehead atoms. The van der Waals surface area contributed by atoms with Gasteiger partial charge in [0.15, 0.2) is 0 Å². The van der Waals surface area contributed by atoms with Crippen LogP contribution in [0.15, 0.2) is 95.1 Å². The quantitative estimate of drug-likeness (QED) is 0.117. The zero-order valence-corrected chi connectivity index (χ0v) is 28.6. The van der Waals surface area contributed by atoms with Crippen molar-refractivity contribution in [1.29, 1.82) is 0 Å². The van der Waals surface area contributed by atoms with Gasteiger partial charge in [0.25, 0.3) is 0 Å². The Kier molecular flexibility index (Phi) is 11.3. The normalized spacial score (nSPS) is 13.5. The van der Waals surface area contributed by atoms with E-state index in [0.29, 0.717) is 25.7 Å². The molecule has 6 aromatic rings. The molecule has 3 aromatic heterocycles. The molecule has 0 radical (unpaired) electrons. The maximum atomic E-state index is 11.6. The van der Waals surface area contributed by atoms with Gasteiger partial charge in [0, 0.05) is 71.6 Å². The minimum absolute atomic E-state index is 0. The highest BCUT2D eigenvalue weighted by molar-refractivity contribution is 7.17. The van der Waals surface area contributed by atoms with Gasteiger partial charge in [0.2, 0.25) is 11.4 Å².